The molecule has 1 unspecified atom stereocenters. The Bertz CT molecular complexity index is 321. The predicted molar refractivity (Wildman–Crippen MR) is 81.3 cm³/mol. The van der Waals surface area contributed by atoms with Crippen LogP contribution in [0.2, 0.25) is 0 Å². The monoisotopic (exact) mass is 299 g/mol. The van der Waals surface area contributed by atoms with Gasteiger partial charge in [0.05, 0.1) is 25.9 Å². The van der Waals surface area contributed by atoms with Gasteiger partial charge < -0.3 is 20.1 Å². The zero-order chi connectivity index (χ0) is 15.1. The maximum atomic E-state index is 12.4. The van der Waals surface area contributed by atoms with Crippen LogP contribution in [0.5, 0.6) is 0 Å². The van der Waals surface area contributed by atoms with E-state index in [2.05, 4.69) is 15.5 Å². The molecule has 1 atom stereocenters. The van der Waals surface area contributed by atoms with Crippen molar-refractivity contribution in [1.82, 2.24) is 15.5 Å². The van der Waals surface area contributed by atoms with Gasteiger partial charge >= 0.3 is 0 Å². The molecule has 0 aromatic rings. The number of carbonyl (C=O) groups excluding carboxylic acids is 1. The van der Waals surface area contributed by atoms with Crippen LogP contribution in [0.1, 0.15) is 19.8 Å². The first-order valence-corrected chi connectivity index (χ1v) is 7.96. The summed E-state index contributed by atoms with van der Waals surface area (Å²) in [6.07, 6.45) is 2.10. The summed E-state index contributed by atoms with van der Waals surface area (Å²) >= 11 is 0. The minimum atomic E-state index is -0.0878. The highest BCUT2D eigenvalue weighted by Crippen LogP contribution is 2.28. The van der Waals surface area contributed by atoms with E-state index in [4.69, 9.17) is 9.47 Å². The summed E-state index contributed by atoms with van der Waals surface area (Å²) in [5, 5.41) is 6.52. The first-order chi connectivity index (χ1) is 10.2. The average Bonchev–Trinajstić information content (AvgIpc) is 2.54. The first-order valence-electron chi connectivity index (χ1n) is 7.96. The second-order valence-electron chi connectivity index (χ2n) is 6.23. The van der Waals surface area contributed by atoms with Gasteiger partial charge in [-0.05, 0) is 32.9 Å². The van der Waals surface area contributed by atoms with Crippen LogP contribution in [-0.2, 0) is 14.3 Å². The molecule has 6 nitrogen and oxygen atoms in total. The maximum Gasteiger partial charge on any atom is 0.237 e. The van der Waals surface area contributed by atoms with Crippen molar-refractivity contribution in [3.05, 3.63) is 0 Å². The Morgan fingerprint density at radius 2 is 2.05 bits per heavy atom. The fraction of sp³-hybridized carbons (Fsp3) is 0.933. The minimum Gasteiger partial charge on any atom is -0.384 e. The molecule has 0 aromatic carbocycles. The minimum absolute atomic E-state index is 0.0837. The van der Waals surface area contributed by atoms with Crippen LogP contribution in [0.4, 0.5) is 0 Å². The highest BCUT2D eigenvalue weighted by atomic mass is 16.5. The summed E-state index contributed by atoms with van der Waals surface area (Å²) in [5.74, 6) is 0.117. The molecule has 2 aliphatic heterocycles. The number of carbonyl (C=O) groups is 1. The van der Waals surface area contributed by atoms with Gasteiger partial charge in [-0.25, -0.2) is 0 Å². The smallest absolute Gasteiger partial charge is 0.237 e. The van der Waals surface area contributed by atoms with Gasteiger partial charge in [0.15, 0.2) is 0 Å². The Balaban J connectivity index is 1.83. The van der Waals surface area contributed by atoms with Gasteiger partial charge in [0.25, 0.3) is 0 Å². The van der Waals surface area contributed by atoms with Crippen LogP contribution in [-0.4, -0.2) is 76.5 Å². The maximum absolute atomic E-state index is 12.4. The third kappa shape index (κ3) is 4.64. The van der Waals surface area contributed by atoms with Gasteiger partial charge in [-0.1, -0.05) is 0 Å². The summed E-state index contributed by atoms with van der Waals surface area (Å²) in [4.78, 5) is 14.6. The lowest BCUT2D eigenvalue weighted by Gasteiger charge is -2.38. The van der Waals surface area contributed by atoms with E-state index in [9.17, 15) is 4.79 Å². The van der Waals surface area contributed by atoms with Gasteiger partial charge in [-0.15, -0.1) is 0 Å². The number of ether oxygens (including phenoxy) is 2. The van der Waals surface area contributed by atoms with Gasteiger partial charge in [0, 0.05) is 32.2 Å². The first kappa shape index (κ1) is 16.7. The van der Waals surface area contributed by atoms with Crippen LogP contribution in [0.15, 0.2) is 0 Å². The molecule has 0 bridgehead atoms. The van der Waals surface area contributed by atoms with E-state index in [0.29, 0.717) is 13.2 Å². The van der Waals surface area contributed by atoms with Crippen LogP contribution >= 0.6 is 0 Å². The van der Waals surface area contributed by atoms with Crippen LogP contribution in [0.25, 0.3) is 0 Å². The fourth-order valence-electron chi connectivity index (χ4n) is 3.19. The van der Waals surface area contributed by atoms with E-state index in [1.807, 2.05) is 6.92 Å². The van der Waals surface area contributed by atoms with Gasteiger partial charge in [-0.2, -0.15) is 0 Å². The molecule has 21 heavy (non-hydrogen) atoms. The molecule has 2 aliphatic rings. The summed E-state index contributed by atoms with van der Waals surface area (Å²) < 4.78 is 10.7. The Labute approximate surface area is 127 Å². The number of hydrogen-bond acceptors (Lipinski definition) is 5. The third-order valence-corrected chi connectivity index (χ3v) is 4.73. The number of piperidine rings is 1. The largest absolute Gasteiger partial charge is 0.384 e. The van der Waals surface area contributed by atoms with Crippen molar-refractivity contribution in [2.75, 3.05) is 59.7 Å². The highest BCUT2D eigenvalue weighted by molar-refractivity contribution is 5.81. The molecule has 6 heteroatoms. The van der Waals surface area contributed by atoms with E-state index in [0.717, 1.165) is 52.2 Å². The fourth-order valence-corrected chi connectivity index (χ4v) is 3.19. The normalized spacial score (nSPS) is 24.5. The summed E-state index contributed by atoms with van der Waals surface area (Å²) in [6, 6.07) is -0.0878. The number of nitrogens with zero attached hydrogens (tertiary/aromatic N) is 1. The lowest BCUT2D eigenvalue weighted by molar-refractivity contribution is -0.128. The number of amides is 1. The second kappa shape index (κ2) is 8.08. The zero-order valence-corrected chi connectivity index (χ0v) is 13.3. The quantitative estimate of drug-likeness (QED) is 0.713. The second-order valence-corrected chi connectivity index (χ2v) is 6.23. The zero-order valence-electron chi connectivity index (χ0n) is 13.3. The predicted octanol–water partition coefficient (Wildman–Crippen LogP) is -0.160. The molecule has 2 rings (SSSR count). The number of hydrogen-bond donors (Lipinski definition) is 2. The van der Waals surface area contributed by atoms with Crippen LogP contribution in [0.3, 0.4) is 0 Å². The lowest BCUT2D eigenvalue weighted by atomic mass is 9.79. The SMILES string of the molecule is COCC1(CNC(=O)C(C)N2CCOCC2)CCNCC1. The van der Waals surface area contributed by atoms with E-state index in [1.54, 1.807) is 7.11 Å². The number of nitrogens with one attached hydrogen (secondary N) is 2. The molecular weight excluding hydrogens is 270 g/mol. The number of morpholine rings is 1. The molecule has 2 N–H and O–H groups in total. The molecule has 0 saturated carbocycles. The van der Waals surface area contributed by atoms with Crippen molar-refractivity contribution in [3.8, 4) is 0 Å². The van der Waals surface area contributed by atoms with Crippen molar-refractivity contribution >= 4 is 5.91 Å². The summed E-state index contributed by atoms with van der Waals surface area (Å²) in [6.45, 7) is 8.50. The van der Waals surface area contributed by atoms with Crippen molar-refractivity contribution in [2.24, 2.45) is 5.41 Å². The van der Waals surface area contributed by atoms with Gasteiger partial charge in [-0.3, -0.25) is 9.69 Å². The molecular formula is C15H29N3O3. The molecule has 0 aromatic heterocycles. The van der Waals surface area contributed by atoms with E-state index >= 15 is 0 Å². The number of methoxy groups -OCH3 is 1. The summed E-state index contributed by atoms with van der Waals surface area (Å²) in [7, 11) is 1.74. The van der Waals surface area contributed by atoms with Crippen LogP contribution in [0, 0.1) is 5.41 Å². The molecule has 0 radical (unpaired) electrons. The van der Waals surface area contributed by atoms with E-state index in [1.165, 1.54) is 0 Å². The average molecular weight is 299 g/mol. The molecule has 122 valence electrons. The Morgan fingerprint density at radius 1 is 1.38 bits per heavy atom. The number of rotatable bonds is 6. The molecule has 2 fully saturated rings. The third-order valence-electron chi connectivity index (χ3n) is 4.73. The van der Waals surface area contributed by atoms with Crippen molar-refractivity contribution in [3.63, 3.8) is 0 Å². The van der Waals surface area contributed by atoms with Gasteiger partial charge in [0.2, 0.25) is 5.91 Å². The standard InChI is InChI=1S/C15H29N3O3/c1-13(18-7-9-21-10-8-18)14(19)17-11-15(12-20-2)3-5-16-6-4-15/h13,16H,3-12H2,1-2H3,(H,17,19). The van der Waals surface area contributed by atoms with E-state index < -0.39 is 0 Å². The molecule has 0 spiro atoms. The van der Waals surface area contributed by atoms with Crippen LogP contribution < -0.4 is 10.6 Å². The summed E-state index contributed by atoms with van der Waals surface area (Å²) in [5.41, 5.74) is 0.0837. The van der Waals surface area contributed by atoms with E-state index in [-0.39, 0.29) is 17.4 Å². The molecule has 2 heterocycles. The molecule has 2 saturated heterocycles. The van der Waals surface area contributed by atoms with Gasteiger partial charge in [0.1, 0.15) is 0 Å². The Morgan fingerprint density at radius 3 is 2.67 bits per heavy atom. The topological polar surface area (TPSA) is 62.8 Å². The highest BCUT2D eigenvalue weighted by Gasteiger charge is 2.33. The van der Waals surface area contributed by atoms with Crippen molar-refractivity contribution in [1.29, 1.82) is 0 Å². The Hall–Kier alpha value is -0.690. The van der Waals surface area contributed by atoms with Crippen molar-refractivity contribution < 1.29 is 14.3 Å². The molecule has 0 aliphatic carbocycles. The lowest BCUT2D eigenvalue weighted by Crippen LogP contribution is -2.53. The molecule has 1 amide bonds. The van der Waals surface area contributed by atoms with Crippen molar-refractivity contribution in [2.45, 2.75) is 25.8 Å². The Kier molecular flexibility index (Phi) is 6.41.